The lowest BCUT2D eigenvalue weighted by Gasteiger charge is -2.17. The summed E-state index contributed by atoms with van der Waals surface area (Å²) < 4.78 is 11.1. The van der Waals surface area contributed by atoms with Crippen LogP contribution in [-0.2, 0) is 0 Å². The van der Waals surface area contributed by atoms with Crippen molar-refractivity contribution >= 4 is 0 Å². The van der Waals surface area contributed by atoms with Crippen molar-refractivity contribution in [2.45, 2.75) is 31.8 Å². The molecule has 1 aliphatic carbocycles. The molecule has 0 saturated heterocycles. The molecule has 0 amide bonds. The molecular weight excluding hydrogens is 230 g/mol. The van der Waals surface area contributed by atoms with Crippen LogP contribution in [0.2, 0.25) is 0 Å². The molecule has 1 aromatic rings. The van der Waals surface area contributed by atoms with Gasteiger partial charge in [-0.2, -0.15) is 0 Å². The number of nitrogens with one attached hydrogen (secondary N) is 1. The highest BCUT2D eigenvalue weighted by molar-refractivity contribution is 5.32. The fraction of sp³-hybridized carbons (Fsp3) is 0.571. The van der Waals surface area contributed by atoms with Gasteiger partial charge in [0, 0.05) is 12.1 Å². The summed E-state index contributed by atoms with van der Waals surface area (Å²) in [7, 11) is 0. The van der Waals surface area contributed by atoms with E-state index in [0.29, 0.717) is 19.3 Å². The van der Waals surface area contributed by atoms with E-state index in [1.165, 1.54) is 12.8 Å². The average molecular weight is 251 g/mol. The molecule has 2 N–H and O–H groups in total. The maximum atomic E-state index is 9.25. The summed E-state index contributed by atoms with van der Waals surface area (Å²) in [6.07, 6.45) is 2.41. The standard InChI is InChI=1S/C14H21NO3/c1-2-17-13-4-3-5-14(8-13)18-10-12(9-16)15-11-6-7-11/h3-5,8,11-12,15-16H,2,6-7,9-10H2,1H3. The molecule has 1 fully saturated rings. The van der Waals surface area contributed by atoms with Gasteiger partial charge in [0.15, 0.2) is 0 Å². The highest BCUT2D eigenvalue weighted by Gasteiger charge is 2.24. The van der Waals surface area contributed by atoms with Crippen LogP contribution in [0.1, 0.15) is 19.8 Å². The average Bonchev–Trinajstić information content (AvgIpc) is 3.19. The van der Waals surface area contributed by atoms with Gasteiger partial charge in [-0.1, -0.05) is 6.07 Å². The Morgan fingerprint density at radius 2 is 2.06 bits per heavy atom. The van der Waals surface area contributed by atoms with Crippen molar-refractivity contribution in [3.63, 3.8) is 0 Å². The number of ether oxygens (including phenoxy) is 2. The first-order chi connectivity index (χ1) is 8.81. The summed E-state index contributed by atoms with van der Waals surface area (Å²) in [5, 5.41) is 12.6. The van der Waals surface area contributed by atoms with Crippen LogP contribution in [-0.4, -0.2) is 37.0 Å². The molecule has 18 heavy (non-hydrogen) atoms. The zero-order valence-electron chi connectivity index (χ0n) is 10.8. The van der Waals surface area contributed by atoms with Crippen LogP contribution >= 0.6 is 0 Å². The Balaban J connectivity index is 1.81. The van der Waals surface area contributed by atoms with Crippen molar-refractivity contribution in [1.82, 2.24) is 5.32 Å². The SMILES string of the molecule is CCOc1cccc(OCC(CO)NC2CC2)c1. The Hall–Kier alpha value is -1.26. The van der Waals surface area contributed by atoms with Crippen molar-refractivity contribution < 1.29 is 14.6 Å². The minimum atomic E-state index is 0.00764. The first kappa shape index (κ1) is 13.2. The predicted octanol–water partition coefficient (Wildman–Crippen LogP) is 1.58. The molecule has 1 aromatic carbocycles. The highest BCUT2D eigenvalue weighted by atomic mass is 16.5. The lowest BCUT2D eigenvalue weighted by molar-refractivity contribution is 0.181. The molecule has 0 spiro atoms. The van der Waals surface area contributed by atoms with E-state index in [0.717, 1.165) is 11.5 Å². The molecule has 1 atom stereocenters. The first-order valence-electron chi connectivity index (χ1n) is 6.54. The van der Waals surface area contributed by atoms with E-state index in [4.69, 9.17) is 9.47 Å². The number of aliphatic hydroxyl groups excluding tert-OH is 1. The summed E-state index contributed by atoms with van der Waals surface area (Å²) in [5.41, 5.74) is 0. The Morgan fingerprint density at radius 1 is 1.33 bits per heavy atom. The quantitative estimate of drug-likeness (QED) is 0.736. The summed E-state index contributed by atoms with van der Waals surface area (Å²) in [6.45, 7) is 3.17. The van der Waals surface area contributed by atoms with Crippen molar-refractivity contribution in [3.8, 4) is 11.5 Å². The van der Waals surface area contributed by atoms with Crippen LogP contribution in [0.25, 0.3) is 0 Å². The van der Waals surface area contributed by atoms with E-state index < -0.39 is 0 Å². The second-order valence-corrected chi connectivity index (χ2v) is 4.54. The molecule has 0 heterocycles. The number of hydrogen-bond acceptors (Lipinski definition) is 4. The molecule has 4 nitrogen and oxygen atoms in total. The third-order valence-corrected chi connectivity index (χ3v) is 2.84. The van der Waals surface area contributed by atoms with Crippen LogP contribution in [0.5, 0.6) is 11.5 Å². The van der Waals surface area contributed by atoms with Gasteiger partial charge < -0.3 is 19.9 Å². The molecular formula is C14H21NO3. The van der Waals surface area contributed by atoms with Gasteiger partial charge >= 0.3 is 0 Å². The number of benzene rings is 1. The minimum Gasteiger partial charge on any atom is -0.494 e. The Kier molecular flexibility index (Phi) is 4.84. The molecule has 0 bridgehead atoms. The van der Waals surface area contributed by atoms with Crippen LogP contribution in [0.15, 0.2) is 24.3 Å². The second-order valence-electron chi connectivity index (χ2n) is 4.54. The van der Waals surface area contributed by atoms with Gasteiger partial charge in [0.2, 0.25) is 0 Å². The van der Waals surface area contributed by atoms with Crippen LogP contribution in [0.4, 0.5) is 0 Å². The molecule has 2 rings (SSSR count). The molecule has 0 aromatic heterocycles. The van der Waals surface area contributed by atoms with Gasteiger partial charge in [-0.05, 0) is 31.9 Å². The Morgan fingerprint density at radius 3 is 2.67 bits per heavy atom. The lowest BCUT2D eigenvalue weighted by atomic mass is 10.3. The number of aliphatic hydroxyl groups is 1. The third kappa shape index (κ3) is 4.20. The molecule has 4 heteroatoms. The van der Waals surface area contributed by atoms with E-state index in [1.807, 2.05) is 31.2 Å². The minimum absolute atomic E-state index is 0.00764. The zero-order valence-corrected chi connectivity index (χ0v) is 10.8. The van der Waals surface area contributed by atoms with Crippen molar-refractivity contribution in [2.75, 3.05) is 19.8 Å². The van der Waals surface area contributed by atoms with Crippen LogP contribution in [0, 0.1) is 0 Å². The summed E-state index contributed by atoms with van der Waals surface area (Å²) in [5.74, 6) is 1.59. The molecule has 0 radical (unpaired) electrons. The summed E-state index contributed by atoms with van der Waals surface area (Å²) >= 11 is 0. The highest BCUT2D eigenvalue weighted by Crippen LogP contribution is 2.21. The Bertz CT molecular complexity index is 366. The van der Waals surface area contributed by atoms with Gasteiger partial charge in [0.05, 0.1) is 19.3 Å². The summed E-state index contributed by atoms with van der Waals surface area (Å²) in [4.78, 5) is 0. The molecule has 1 aliphatic rings. The lowest BCUT2D eigenvalue weighted by Crippen LogP contribution is -2.39. The predicted molar refractivity (Wildman–Crippen MR) is 70.1 cm³/mol. The summed E-state index contributed by atoms with van der Waals surface area (Å²) in [6, 6.07) is 8.16. The fourth-order valence-electron chi connectivity index (χ4n) is 1.75. The fourth-order valence-corrected chi connectivity index (χ4v) is 1.75. The van der Waals surface area contributed by atoms with Gasteiger partial charge in [0.25, 0.3) is 0 Å². The molecule has 100 valence electrons. The van der Waals surface area contributed by atoms with Crippen LogP contribution in [0.3, 0.4) is 0 Å². The number of rotatable bonds is 8. The van der Waals surface area contributed by atoms with E-state index >= 15 is 0 Å². The van der Waals surface area contributed by atoms with Crippen molar-refractivity contribution in [2.24, 2.45) is 0 Å². The largest absolute Gasteiger partial charge is 0.494 e. The number of hydrogen-bond donors (Lipinski definition) is 2. The van der Waals surface area contributed by atoms with E-state index in [1.54, 1.807) is 0 Å². The van der Waals surface area contributed by atoms with Gasteiger partial charge in [0.1, 0.15) is 18.1 Å². The maximum absolute atomic E-state index is 9.25. The van der Waals surface area contributed by atoms with Crippen LogP contribution < -0.4 is 14.8 Å². The normalized spacial score (nSPS) is 16.3. The monoisotopic (exact) mass is 251 g/mol. The molecule has 1 saturated carbocycles. The van der Waals surface area contributed by atoms with Gasteiger partial charge in [-0.25, -0.2) is 0 Å². The van der Waals surface area contributed by atoms with Gasteiger partial charge in [-0.15, -0.1) is 0 Å². The van der Waals surface area contributed by atoms with Crippen molar-refractivity contribution in [1.29, 1.82) is 0 Å². The smallest absolute Gasteiger partial charge is 0.123 e. The molecule has 1 unspecified atom stereocenters. The van der Waals surface area contributed by atoms with E-state index in [2.05, 4.69) is 5.32 Å². The zero-order chi connectivity index (χ0) is 12.8. The molecule has 0 aliphatic heterocycles. The van der Waals surface area contributed by atoms with Gasteiger partial charge in [-0.3, -0.25) is 0 Å². The van der Waals surface area contributed by atoms with Crippen molar-refractivity contribution in [3.05, 3.63) is 24.3 Å². The third-order valence-electron chi connectivity index (χ3n) is 2.84. The maximum Gasteiger partial charge on any atom is 0.123 e. The van der Waals surface area contributed by atoms with E-state index in [9.17, 15) is 5.11 Å². The topological polar surface area (TPSA) is 50.7 Å². The first-order valence-corrected chi connectivity index (χ1v) is 6.54. The van der Waals surface area contributed by atoms with E-state index in [-0.39, 0.29) is 12.6 Å². The second kappa shape index (κ2) is 6.61. The Labute approximate surface area is 108 Å².